The Bertz CT molecular complexity index is 986. The molecule has 0 amide bonds. The highest BCUT2D eigenvalue weighted by Crippen LogP contribution is 2.60. The quantitative estimate of drug-likeness (QED) is 0.487. The summed E-state index contributed by atoms with van der Waals surface area (Å²) in [5.74, 6) is 0.813. The predicted molar refractivity (Wildman–Crippen MR) is 132 cm³/mol. The van der Waals surface area contributed by atoms with Gasteiger partial charge in [0.1, 0.15) is 0 Å². The maximum absolute atomic E-state index is 13.1. The first-order chi connectivity index (χ1) is 17.6. The van der Waals surface area contributed by atoms with Gasteiger partial charge in [-0.05, 0) is 68.6 Å². The summed E-state index contributed by atoms with van der Waals surface area (Å²) in [4.78, 5) is 16.6. The maximum Gasteiger partial charge on any atom is 0.416 e. The Morgan fingerprint density at radius 2 is 1.78 bits per heavy atom. The lowest BCUT2D eigenvalue weighted by molar-refractivity contribution is -0.571. The second kappa shape index (κ2) is 9.37. The number of hydrogen-bond donors (Lipinski definition) is 0. The molecule has 1 aromatic rings. The Morgan fingerprint density at radius 3 is 2.54 bits per heavy atom. The normalized spacial score (nSPS) is 42.4. The molecule has 0 unspecified atom stereocenters. The fourth-order valence-corrected chi connectivity index (χ4v) is 7.73. The molecular weight excluding hydrogens is 485 g/mol. The molecule has 6 nitrogen and oxygen atoms in total. The second-order valence-electron chi connectivity index (χ2n) is 12.1. The molecule has 9 heteroatoms. The summed E-state index contributed by atoms with van der Waals surface area (Å²) in [5.41, 5.74) is -0.479. The van der Waals surface area contributed by atoms with E-state index in [2.05, 4.69) is 18.7 Å². The van der Waals surface area contributed by atoms with Gasteiger partial charge in [0.25, 0.3) is 0 Å². The molecule has 1 aromatic carbocycles. The topological polar surface area (TPSA) is 43.4 Å². The number of halogens is 3. The van der Waals surface area contributed by atoms with Crippen LogP contribution in [0.25, 0.3) is 0 Å². The van der Waals surface area contributed by atoms with Crippen molar-refractivity contribution in [3.05, 3.63) is 29.8 Å². The zero-order chi connectivity index (χ0) is 26.0. The molecule has 37 heavy (non-hydrogen) atoms. The lowest BCUT2D eigenvalue weighted by Gasteiger charge is -2.60. The lowest BCUT2D eigenvalue weighted by Crippen LogP contribution is -2.70. The maximum atomic E-state index is 13.1. The molecule has 5 saturated heterocycles. The average Bonchev–Trinajstić information content (AvgIpc) is 3.11. The number of fused-ring (bicyclic) bond motifs is 2. The van der Waals surface area contributed by atoms with Crippen LogP contribution in [0.1, 0.15) is 58.4 Å². The van der Waals surface area contributed by atoms with Crippen molar-refractivity contribution >= 4 is 5.69 Å². The molecule has 5 heterocycles. The van der Waals surface area contributed by atoms with E-state index in [4.69, 9.17) is 19.2 Å². The summed E-state index contributed by atoms with van der Waals surface area (Å²) in [5, 5.41) is 0. The van der Waals surface area contributed by atoms with Crippen LogP contribution in [0, 0.1) is 23.7 Å². The van der Waals surface area contributed by atoms with Crippen molar-refractivity contribution in [2.75, 3.05) is 37.6 Å². The Morgan fingerprint density at radius 1 is 1.00 bits per heavy atom. The van der Waals surface area contributed by atoms with E-state index in [0.29, 0.717) is 42.4 Å². The summed E-state index contributed by atoms with van der Waals surface area (Å²) >= 11 is 0. The Hall–Kier alpha value is -1.39. The fourth-order valence-electron chi connectivity index (χ4n) is 7.73. The smallest absolute Gasteiger partial charge is 0.369 e. The molecule has 7 rings (SSSR count). The van der Waals surface area contributed by atoms with Crippen LogP contribution in [-0.4, -0.2) is 61.4 Å². The number of piperazine rings is 1. The molecule has 8 atom stereocenters. The van der Waals surface area contributed by atoms with Crippen LogP contribution >= 0.6 is 0 Å². The van der Waals surface area contributed by atoms with Gasteiger partial charge in [-0.15, -0.1) is 0 Å². The van der Waals surface area contributed by atoms with E-state index in [1.165, 1.54) is 18.6 Å². The van der Waals surface area contributed by atoms with Gasteiger partial charge in [-0.1, -0.05) is 19.9 Å². The van der Waals surface area contributed by atoms with Crippen molar-refractivity contribution in [1.29, 1.82) is 0 Å². The van der Waals surface area contributed by atoms with E-state index in [9.17, 15) is 13.2 Å². The number of hydrogen-bond acceptors (Lipinski definition) is 6. The third-order valence-corrected chi connectivity index (χ3v) is 9.94. The Labute approximate surface area is 217 Å². The van der Waals surface area contributed by atoms with Crippen LogP contribution in [0.15, 0.2) is 24.3 Å². The first-order valence-electron chi connectivity index (χ1n) is 13.9. The van der Waals surface area contributed by atoms with Gasteiger partial charge in [0, 0.05) is 50.7 Å². The molecule has 2 bridgehead atoms. The zero-order valence-corrected chi connectivity index (χ0v) is 22.0. The van der Waals surface area contributed by atoms with Crippen molar-refractivity contribution in [3.63, 3.8) is 0 Å². The third-order valence-electron chi connectivity index (χ3n) is 9.94. The van der Waals surface area contributed by atoms with Crippen LogP contribution in [-0.2, 0) is 25.4 Å². The van der Waals surface area contributed by atoms with E-state index in [0.717, 1.165) is 51.4 Å². The minimum atomic E-state index is -4.32. The van der Waals surface area contributed by atoms with Crippen LogP contribution in [0.4, 0.5) is 18.9 Å². The number of rotatable bonds is 4. The van der Waals surface area contributed by atoms with Crippen molar-refractivity contribution < 1.29 is 32.4 Å². The second-order valence-corrected chi connectivity index (χ2v) is 12.1. The number of alkyl halides is 3. The molecule has 5 aliphatic heterocycles. The molecule has 0 N–H and O–H groups in total. The fraction of sp³-hybridized carbons (Fsp3) is 0.786. The first kappa shape index (κ1) is 25.9. The SMILES string of the molecule is C[C@H]1[C@@H](CCN2CCN(c3cccc(C(F)(F)F)c3)CC2)O[C@@H]2O[C@@]3(C)CC[C@H]4[C@H](C)CC[C@@H]1[C@@]24OO3. The summed E-state index contributed by atoms with van der Waals surface area (Å²) in [7, 11) is 0. The van der Waals surface area contributed by atoms with Crippen molar-refractivity contribution in [1.82, 2.24) is 4.90 Å². The number of nitrogens with zero attached hydrogens (tertiary/aromatic N) is 2. The van der Waals surface area contributed by atoms with Gasteiger partial charge < -0.3 is 14.4 Å². The van der Waals surface area contributed by atoms with Crippen molar-refractivity contribution in [3.8, 4) is 0 Å². The highest BCUT2D eigenvalue weighted by molar-refractivity contribution is 5.49. The van der Waals surface area contributed by atoms with E-state index >= 15 is 0 Å². The van der Waals surface area contributed by atoms with Crippen LogP contribution in [0.5, 0.6) is 0 Å². The van der Waals surface area contributed by atoms with Gasteiger partial charge >= 0.3 is 6.18 Å². The lowest BCUT2D eigenvalue weighted by atomic mass is 9.57. The molecule has 206 valence electrons. The van der Waals surface area contributed by atoms with E-state index in [1.54, 1.807) is 6.07 Å². The molecule has 0 radical (unpaired) electrons. The monoisotopic (exact) mass is 524 g/mol. The molecule has 0 aromatic heterocycles. The van der Waals surface area contributed by atoms with Crippen LogP contribution in [0.3, 0.4) is 0 Å². The number of ether oxygens (including phenoxy) is 2. The summed E-state index contributed by atoms with van der Waals surface area (Å²) in [6.45, 7) is 10.5. The molecule has 6 aliphatic rings. The Balaban J connectivity index is 1.09. The van der Waals surface area contributed by atoms with Gasteiger partial charge in [-0.25, -0.2) is 9.78 Å². The van der Waals surface area contributed by atoms with Gasteiger partial charge in [0.05, 0.1) is 11.7 Å². The summed E-state index contributed by atoms with van der Waals surface area (Å²) in [6.07, 6.45) is 0.362. The van der Waals surface area contributed by atoms with Gasteiger partial charge in [0.2, 0.25) is 5.79 Å². The molecule has 1 aliphatic carbocycles. The standard InChI is InChI=1S/C28H39F3N2O4/c1-18-7-8-23-19(2)24(34-25-27(23)22(18)9-11-26(3,35-25)36-37-27)10-12-32-13-15-33(16-14-32)21-6-4-5-20(17-21)28(29,30)31/h4-6,17-19,22-25H,7-16H2,1-3H3/t18-,19-,22+,23+,24-,25-,26-,27-/m1/s1. The molecule has 1 saturated carbocycles. The minimum Gasteiger partial charge on any atom is -0.369 e. The van der Waals surface area contributed by atoms with E-state index in [-0.39, 0.29) is 6.10 Å². The molecule has 1 spiro atoms. The van der Waals surface area contributed by atoms with Gasteiger partial charge in [-0.2, -0.15) is 13.2 Å². The number of benzene rings is 1. The van der Waals surface area contributed by atoms with Crippen LogP contribution in [0.2, 0.25) is 0 Å². The Kier molecular flexibility index (Phi) is 6.55. The van der Waals surface area contributed by atoms with Crippen molar-refractivity contribution in [2.24, 2.45) is 23.7 Å². The first-order valence-corrected chi connectivity index (χ1v) is 13.9. The highest BCUT2D eigenvalue weighted by atomic mass is 19.4. The third kappa shape index (κ3) is 4.48. The van der Waals surface area contributed by atoms with E-state index < -0.39 is 29.4 Å². The molecular formula is C28H39F3N2O4. The summed E-state index contributed by atoms with van der Waals surface area (Å²) < 4.78 is 52.6. The van der Waals surface area contributed by atoms with Gasteiger partial charge in [-0.3, -0.25) is 4.90 Å². The highest BCUT2D eigenvalue weighted by Gasteiger charge is 2.69. The molecule has 6 fully saturated rings. The average molecular weight is 525 g/mol. The predicted octanol–water partition coefficient (Wildman–Crippen LogP) is 5.47. The zero-order valence-electron chi connectivity index (χ0n) is 22.0. The van der Waals surface area contributed by atoms with Crippen molar-refractivity contribution in [2.45, 2.75) is 82.8 Å². The summed E-state index contributed by atoms with van der Waals surface area (Å²) in [6, 6.07) is 5.65. The minimum absolute atomic E-state index is 0.0720. The largest absolute Gasteiger partial charge is 0.416 e. The van der Waals surface area contributed by atoms with Crippen LogP contribution < -0.4 is 4.90 Å². The van der Waals surface area contributed by atoms with E-state index in [1.807, 2.05) is 11.8 Å². The van der Waals surface area contributed by atoms with Gasteiger partial charge in [0.15, 0.2) is 11.9 Å². The number of anilines is 1.